The maximum Gasteiger partial charge on any atom is 0.255 e. The molecule has 3 aromatic rings. The van der Waals surface area contributed by atoms with E-state index in [9.17, 15) is 9.18 Å². The fourth-order valence-corrected chi connectivity index (χ4v) is 3.78. The molecular formula is C21H20FN5O2S. The highest BCUT2D eigenvalue weighted by atomic mass is 32.2. The fraction of sp³-hybridized carbons (Fsp3) is 0.190. The highest BCUT2D eigenvalue weighted by Gasteiger charge is 2.35. The van der Waals surface area contributed by atoms with Crippen LogP contribution in [0.1, 0.15) is 18.5 Å². The van der Waals surface area contributed by atoms with E-state index >= 15 is 0 Å². The molecule has 1 aromatic heterocycles. The molecule has 0 aliphatic carbocycles. The molecule has 1 atom stereocenters. The van der Waals surface area contributed by atoms with Gasteiger partial charge < -0.3 is 15.4 Å². The van der Waals surface area contributed by atoms with Gasteiger partial charge in [0.2, 0.25) is 11.1 Å². The molecule has 2 heterocycles. The first-order valence-corrected chi connectivity index (χ1v) is 10.4. The maximum absolute atomic E-state index is 14.8. The van der Waals surface area contributed by atoms with Crippen LogP contribution in [-0.4, -0.2) is 34.0 Å². The Kier molecular flexibility index (Phi) is 5.45. The number of rotatable bonds is 5. The van der Waals surface area contributed by atoms with Crippen molar-refractivity contribution in [3.05, 3.63) is 71.2 Å². The molecule has 7 nitrogen and oxygen atoms in total. The number of nitrogens with zero attached hydrogens (tertiary/aromatic N) is 3. The number of hydrogen-bond acceptors (Lipinski definition) is 6. The van der Waals surface area contributed by atoms with Gasteiger partial charge in [0.15, 0.2) is 0 Å². The molecule has 0 bridgehead atoms. The van der Waals surface area contributed by atoms with Crippen LogP contribution < -0.4 is 15.4 Å². The summed E-state index contributed by atoms with van der Waals surface area (Å²) in [6.45, 7) is 1.77. The number of anilines is 2. The lowest BCUT2D eigenvalue weighted by molar-refractivity contribution is -0.113. The molecule has 0 radical (unpaired) electrons. The summed E-state index contributed by atoms with van der Waals surface area (Å²) in [4.78, 5) is 17.8. The number of nitrogens with one attached hydrogen (secondary N) is 2. The van der Waals surface area contributed by atoms with Crippen LogP contribution in [0.25, 0.3) is 0 Å². The molecule has 4 rings (SSSR count). The number of para-hydroxylation sites is 2. The third-order valence-corrected chi connectivity index (χ3v) is 5.35. The number of ether oxygens (including phenoxy) is 1. The Hall–Kier alpha value is -3.33. The van der Waals surface area contributed by atoms with Crippen LogP contribution >= 0.6 is 11.8 Å². The highest BCUT2D eigenvalue weighted by Crippen LogP contribution is 2.37. The Labute approximate surface area is 177 Å². The predicted octanol–water partition coefficient (Wildman–Crippen LogP) is 4.08. The molecule has 30 heavy (non-hydrogen) atoms. The van der Waals surface area contributed by atoms with E-state index in [2.05, 4.69) is 20.7 Å². The second-order valence-electron chi connectivity index (χ2n) is 6.61. The number of hydrogen-bond donors (Lipinski definition) is 2. The smallest absolute Gasteiger partial charge is 0.255 e. The van der Waals surface area contributed by atoms with Gasteiger partial charge >= 0.3 is 0 Å². The Morgan fingerprint density at radius 2 is 1.97 bits per heavy atom. The van der Waals surface area contributed by atoms with Crippen molar-refractivity contribution < 1.29 is 13.9 Å². The van der Waals surface area contributed by atoms with Gasteiger partial charge in [-0.05, 0) is 31.4 Å². The van der Waals surface area contributed by atoms with Crippen LogP contribution in [0.4, 0.5) is 16.0 Å². The van der Waals surface area contributed by atoms with E-state index in [0.717, 1.165) is 0 Å². The number of allylic oxidation sites excluding steroid dienone is 1. The Morgan fingerprint density at radius 3 is 2.70 bits per heavy atom. The zero-order valence-corrected chi connectivity index (χ0v) is 17.5. The average molecular weight is 425 g/mol. The minimum Gasteiger partial charge on any atom is -0.495 e. The van der Waals surface area contributed by atoms with Crippen LogP contribution in [0.15, 0.2) is 65.0 Å². The number of aromatic nitrogens is 3. The van der Waals surface area contributed by atoms with Crippen molar-refractivity contribution in [3.63, 3.8) is 0 Å². The van der Waals surface area contributed by atoms with E-state index in [1.165, 1.54) is 24.9 Å². The molecule has 1 amide bonds. The van der Waals surface area contributed by atoms with Gasteiger partial charge in [-0.25, -0.2) is 9.07 Å². The summed E-state index contributed by atoms with van der Waals surface area (Å²) in [6.07, 6.45) is 1.86. The highest BCUT2D eigenvalue weighted by molar-refractivity contribution is 7.98. The van der Waals surface area contributed by atoms with Gasteiger partial charge in [-0.15, -0.1) is 5.10 Å². The normalized spacial score (nSPS) is 15.4. The summed E-state index contributed by atoms with van der Waals surface area (Å²) in [5, 5.41) is 11.0. The van der Waals surface area contributed by atoms with Gasteiger partial charge in [-0.2, -0.15) is 4.98 Å². The minimum atomic E-state index is -0.773. The molecule has 154 valence electrons. The van der Waals surface area contributed by atoms with Crippen molar-refractivity contribution in [1.29, 1.82) is 0 Å². The minimum absolute atomic E-state index is 0.335. The Balaban J connectivity index is 1.81. The second kappa shape index (κ2) is 8.19. The van der Waals surface area contributed by atoms with Gasteiger partial charge in [-0.1, -0.05) is 42.1 Å². The van der Waals surface area contributed by atoms with Gasteiger partial charge in [0.05, 0.1) is 18.4 Å². The molecule has 0 saturated heterocycles. The first kappa shape index (κ1) is 20.0. The SMILES string of the molecule is COc1ccccc1NC(=O)C1=C(C)Nc2nc(SC)nn2[C@@H]1c1ccccc1F. The molecule has 0 unspecified atom stereocenters. The maximum atomic E-state index is 14.8. The lowest BCUT2D eigenvalue weighted by atomic mass is 9.94. The number of methoxy groups -OCH3 is 1. The van der Waals surface area contributed by atoms with E-state index in [0.29, 0.717) is 39.4 Å². The number of carbonyl (C=O) groups is 1. The monoisotopic (exact) mass is 425 g/mol. The quantitative estimate of drug-likeness (QED) is 0.600. The van der Waals surface area contributed by atoms with Crippen LogP contribution in [0, 0.1) is 5.82 Å². The predicted molar refractivity (Wildman–Crippen MR) is 114 cm³/mol. The van der Waals surface area contributed by atoms with E-state index in [-0.39, 0.29) is 5.91 Å². The van der Waals surface area contributed by atoms with Crippen molar-refractivity contribution in [1.82, 2.24) is 14.8 Å². The second-order valence-corrected chi connectivity index (χ2v) is 7.38. The van der Waals surface area contributed by atoms with E-state index in [1.807, 2.05) is 12.3 Å². The van der Waals surface area contributed by atoms with Gasteiger partial charge in [0.1, 0.15) is 17.6 Å². The zero-order valence-electron chi connectivity index (χ0n) is 16.6. The average Bonchev–Trinajstić information content (AvgIpc) is 3.16. The van der Waals surface area contributed by atoms with Crippen molar-refractivity contribution in [2.24, 2.45) is 0 Å². The lowest BCUT2D eigenvalue weighted by Gasteiger charge is -2.29. The number of benzene rings is 2. The van der Waals surface area contributed by atoms with Gasteiger partial charge in [-0.3, -0.25) is 4.79 Å². The third-order valence-electron chi connectivity index (χ3n) is 4.82. The molecule has 1 aliphatic heterocycles. The van der Waals surface area contributed by atoms with Crippen LogP contribution in [0.5, 0.6) is 5.75 Å². The van der Waals surface area contributed by atoms with E-state index in [1.54, 1.807) is 48.0 Å². The van der Waals surface area contributed by atoms with Crippen molar-refractivity contribution in [2.45, 2.75) is 18.1 Å². The van der Waals surface area contributed by atoms with Crippen molar-refractivity contribution in [3.8, 4) is 5.75 Å². The van der Waals surface area contributed by atoms with Gasteiger partial charge in [0.25, 0.3) is 5.91 Å². The molecule has 1 aliphatic rings. The van der Waals surface area contributed by atoms with Crippen LogP contribution in [0.2, 0.25) is 0 Å². The van der Waals surface area contributed by atoms with Gasteiger partial charge in [0, 0.05) is 11.3 Å². The molecule has 2 aromatic carbocycles. The fourth-order valence-electron chi connectivity index (χ4n) is 3.43. The molecule has 9 heteroatoms. The van der Waals surface area contributed by atoms with E-state index in [4.69, 9.17) is 4.74 Å². The summed E-state index contributed by atoms with van der Waals surface area (Å²) in [5.74, 6) is 0.178. The Morgan fingerprint density at radius 1 is 1.23 bits per heavy atom. The summed E-state index contributed by atoms with van der Waals surface area (Å²) < 4.78 is 21.7. The number of amides is 1. The standard InChI is InChI=1S/C21H20FN5O2S/c1-12-17(19(28)24-15-10-6-7-11-16(15)29-2)18(13-8-4-5-9-14(13)22)27-20(23-12)25-21(26-27)30-3/h4-11,18H,1-3H3,(H,24,28)(H,23,25,26)/t18-/m1/s1. The topological polar surface area (TPSA) is 81.1 Å². The summed E-state index contributed by atoms with van der Waals surface area (Å²) in [7, 11) is 1.53. The first-order chi connectivity index (χ1) is 14.5. The Bertz CT molecular complexity index is 1140. The molecule has 0 saturated carbocycles. The van der Waals surface area contributed by atoms with Crippen molar-refractivity contribution in [2.75, 3.05) is 24.0 Å². The largest absolute Gasteiger partial charge is 0.495 e. The molecule has 2 N–H and O–H groups in total. The number of fused-ring (bicyclic) bond motifs is 1. The number of thioether (sulfide) groups is 1. The summed E-state index contributed by atoms with van der Waals surface area (Å²) >= 11 is 1.37. The number of halogens is 1. The third kappa shape index (κ3) is 3.52. The first-order valence-electron chi connectivity index (χ1n) is 9.20. The lowest BCUT2D eigenvalue weighted by Crippen LogP contribution is -2.32. The summed E-state index contributed by atoms with van der Waals surface area (Å²) in [6, 6.07) is 12.7. The van der Waals surface area contributed by atoms with Crippen molar-refractivity contribution >= 4 is 29.3 Å². The molecule has 0 spiro atoms. The molecular weight excluding hydrogens is 405 g/mol. The van der Waals surface area contributed by atoms with Crippen LogP contribution in [-0.2, 0) is 4.79 Å². The van der Waals surface area contributed by atoms with E-state index < -0.39 is 11.9 Å². The van der Waals surface area contributed by atoms with Crippen LogP contribution in [0.3, 0.4) is 0 Å². The summed E-state index contributed by atoms with van der Waals surface area (Å²) in [5.41, 5.74) is 1.77. The number of carbonyl (C=O) groups excluding carboxylic acids is 1. The molecule has 0 fully saturated rings. The zero-order chi connectivity index (χ0) is 21.3.